The van der Waals surface area contributed by atoms with Gasteiger partial charge < -0.3 is 9.80 Å². The molecule has 2 aliphatic rings. The number of hydrogen-bond acceptors (Lipinski definition) is 4. The van der Waals surface area contributed by atoms with Gasteiger partial charge in [-0.15, -0.1) is 11.3 Å². The number of fused-ring (bicyclic) bond motifs is 1. The Morgan fingerprint density at radius 3 is 2.45 bits per heavy atom. The molecule has 2 aromatic rings. The third kappa shape index (κ3) is 4.32. The minimum absolute atomic E-state index is 0.0492. The molecule has 6 heteroatoms. The van der Waals surface area contributed by atoms with E-state index >= 15 is 0 Å². The van der Waals surface area contributed by atoms with E-state index in [1.807, 2.05) is 31.7 Å². The highest BCUT2D eigenvalue weighted by molar-refractivity contribution is 7.18. The van der Waals surface area contributed by atoms with E-state index in [1.54, 1.807) is 11.3 Å². The summed E-state index contributed by atoms with van der Waals surface area (Å²) in [6.45, 7) is 8.90. The Bertz CT molecular complexity index is 860. The number of likely N-dealkylation sites (tertiary alicyclic amines) is 2. The maximum Gasteiger partial charge on any atom is 0.227 e. The molecule has 2 fully saturated rings. The largest absolute Gasteiger partial charge is 0.342 e. The number of hydrogen-bond donors (Lipinski definition) is 0. The first-order chi connectivity index (χ1) is 13.8. The number of para-hydroxylation sites is 1. The van der Waals surface area contributed by atoms with Crippen LogP contribution in [0.15, 0.2) is 24.3 Å². The summed E-state index contributed by atoms with van der Waals surface area (Å²) in [5.41, 5.74) is 0.709. The average Bonchev–Trinajstić information content (AvgIpc) is 3.16. The highest BCUT2D eigenvalue weighted by Gasteiger charge is 2.35. The Balaban J connectivity index is 1.37. The van der Waals surface area contributed by atoms with E-state index in [4.69, 9.17) is 4.98 Å². The van der Waals surface area contributed by atoms with Gasteiger partial charge in [0.1, 0.15) is 0 Å². The molecule has 3 heterocycles. The van der Waals surface area contributed by atoms with Crippen molar-refractivity contribution in [3.05, 3.63) is 29.3 Å². The second-order valence-corrected chi connectivity index (χ2v) is 10.5. The van der Waals surface area contributed by atoms with Gasteiger partial charge in [0, 0.05) is 43.4 Å². The van der Waals surface area contributed by atoms with Crippen molar-refractivity contribution in [2.75, 3.05) is 26.2 Å². The lowest BCUT2D eigenvalue weighted by Gasteiger charge is -2.38. The number of piperidine rings is 2. The van der Waals surface area contributed by atoms with Crippen molar-refractivity contribution >= 4 is 33.4 Å². The lowest BCUT2D eigenvalue weighted by Crippen LogP contribution is -2.48. The molecule has 2 amide bonds. The van der Waals surface area contributed by atoms with Crippen LogP contribution in [0.5, 0.6) is 0 Å². The van der Waals surface area contributed by atoms with Crippen LogP contribution in [0, 0.1) is 11.3 Å². The van der Waals surface area contributed by atoms with E-state index < -0.39 is 0 Å². The van der Waals surface area contributed by atoms with Gasteiger partial charge in [0.05, 0.1) is 15.2 Å². The first-order valence-electron chi connectivity index (χ1n) is 10.8. The molecule has 0 bridgehead atoms. The van der Waals surface area contributed by atoms with Crippen molar-refractivity contribution in [2.45, 2.75) is 52.4 Å². The van der Waals surface area contributed by atoms with Crippen molar-refractivity contribution < 1.29 is 9.59 Å². The number of nitrogens with zero attached hydrogens (tertiary/aromatic N) is 3. The Morgan fingerprint density at radius 2 is 1.76 bits per heavy atom. The van der Waals surface area contributed by atoms with Crippen LogP contribution in [0.2, 0.25) is 0 Å². The van der Waals surface area contributed by atoms with Gasteiger partial charge in [-0.3, -0.25) is 9.59 Å². The Hall–Kier alpha value is -1.95. The summed E-state index contributed by atoms with van der Waals surface area (Å²) in [4.78, 5) is 34.5. The number of carbonyl (C=O) groups excluding carboxylic acids is 2. The quantitative estimate of drug-likeness (QED) is 0.738. The van der Waals surface area contributed by atoms with Gasteiger partial charge in [0.2, 0.25) is 11.8 Å². The molecule has 29 heavy (non-hydrogen) atoms. The topological polar surface area (TPSA) is 53.5 Å². The zero-order valence-electron chi connectivity index (χ0n) is 17.7. The van der Waals surface area contributed by atoms with Crippen molar-refractivity contribution in [1.29, 1.82) is 0 Å². The minimum atomic E-state index is -0.353. The van der Waals surface area contributed by atoms with E-state index in [9.17, 15) is 9.59 Å². The first-order valence-corrected chi connectivity index (χ1v) is 11.6. The van der Waals surface area contributed by atoms with E-state index in [-0.39, 0.29) is 23.1 Å². The van der Waals surface area contributed by atoms with Crippen LogP contribution in [0.1, 0.15) is 57.4 Å². The van der Waals surface area contributed by atoms with Crippen molar-refractivity contribution in [3.8, 4) is 0 Å². The maximum absolute atomic E-state index is 13.2. The molecule has 2 aliphatic heterocycles. The Kier molecular flexibility index (Phi) is 5.65. The Labute approximate surface area is 177 Å². The number of thiazole rings is 1. The summed E-state index contributed by atoms with van der Waals surface area (Å²) >= 11 is 1.77. The van der Waals surface area contributed by atoms with E-state index in [1.165, 1.54) is 4.70 Å². The fraction of sp³-hybridized carbons (Fsp3) is 0.609. The van der Waals surface area contributed by atoms with Crippen molar-refractivity contribution in [3.63, 3.8) is 0 Å². The van der Waals surface area contributed by atoms with E-state index in [0.717, 1.165) is 49.3 Å². The van der Waals surface area contributed by atoms with Crippen LogP contribution in [-0.2, 0) is 9.59 Å². The number of amides is 2. The molecule has 0 aliphatic carbocycles. The van der Waals surface area contributed by atoms with Crippen LogP contribution in [0.3, 0.4) is 0 Å². The van der Waals surface area contributed by atoms with Crippen LogP contribution in [0.4, 0.5) is 0 Å². The van der Waals surface area contributed by atoms with Gasteiger partial charge in [0.25, 0.3) is 0 Å². The van der Waals surface area contributed by atoms with Gasteiger partial charge in [-0.25, -0.2) is 4.98 Å². The van der Waals surface area contributed by atoms with E-state index in [2.05, 4.69) is 23.1 Å². The number of aromatic nitrogens is 1. The third-order valence-electron chi connectivity index (χ3n) is 6.17. The Morgan fingerprint density at radius 1 is 1.03 bits per heavy atom. The molecule has 1 aromatic heterocycles. The fourth-order valence-corrected chi connectivity index (χ4v) is 5.60. The summed E-state index contributed by atoms with van der Waals surface area (Å²) in [5.74, 6) is 0.858. The molecule has 4 rings (SSSR count). The summed E-state index contributed by atoms with van der Waals surface area (Å²) in [7, 11) is 0. The molecule has 0 unspecified atom stereocenters. The zero-order chi connectivity index (χ0) is 20.6. The summed E-state index contributed by atoms with van der Waals surface area (Å²) in [5, 5.41) is 1.16. The van der Waals surface area contributed by atoms with E-state index in [0.29, 0.717) is 19.0 Å². The molecular formula is C23H31N3O2S. The van der Waals surface area contributed by atoms with Crippen molar-refractivity contribution in [1.82, 2.24) is 14.8 Å². The van der Waals surface area contributed by atoms with Crippen molar-refractivity contribution in [2.24, 2.45) is 11.3 Å². The SMILES string of the molecule is CC(C)(C)C(=O)N1CCC(C(=O)N2CCC[C@@H](c3nc4ccccc4s3)C2)CC1. The molecule has 1 aromatic carbocycles. The molecule has 5 nitrogen and oxygen atoms in total. The zero-order valence-corrected chi connectivity index (χ0v) is 18.5. The predicted octanol–water partition coefficient (Wildman–Crippen LogP) is 4.29. The summed E-state index contributed by atoms with van der Waals surface area (Å²) in [6, 6.07) is 8.26. The summed E-state index contributed by atoms with van der Waals surface area (Å²) < 4.78 is 1.22. The molecule has 1 atom stereocenters. The minimum Gasteiger partial charge on any atom is -0.342 e. The molecule has 0 saturated carbocycles. The van der Waals surface area contributed by atoms with Crippen LogP contribution in [-0.4, -0.2) is 52.8 Å². The molecule has 0 radical (unpaired) electrons. The molecule has 156 valence electrons. The standard InChI is InChI=1S/C23H31N3O2S/c1-23(2,3)22(28)25-13-10-16(11-14-25)21(27)26-12-6-7-17(15-26)20-24-18-8-4-5-9-19(18)29-20/h4-5,8-9,16-17H,6-7,10-15H2,1-3H3/t17-/m1/s1. The first kappa shape index (κ1) is 20.3. The monoisotopic (exact) mass is 413 g/mol. The number of benzene rings is 1. The van der Waals surface area contributed by atoms with Gasteiger partial charge in [-0.05, 0) is 37.8 Å². The lowest BCUT2D eigenvalue weighted by atomic mass is 9.89. The smallest absolute Gasteiger partial charge is 0.227 e. The molecular weight excluding hydrogens is 382 g/mol. The van der Waals surface area contributed by atoms with Gasteiger partial charge in [-0.2, -0.15) is 0 Å². The normalized spacial score (nSPS) is 21.6. The van der Waals surface area contributed by atoms with Gasteiger partial charge in [-0.1, -0.05) is 32.9 Å². The average molecular weight is 414 g/mol. The van der Waals surface area contributed by atoms with Crippen LogP contribution >= 0.6 is 11.3 Å². The number of carbonyl (C=O) groups is 2. The maximum atomic E-state index is 13.2. The third-order valence-corrected chi connectivity index (χ3v) is 7.36. The second kappa shape index (κ2) is 8.05. The molecule has 0 N–H and O–H groups in total. The van der Waals surface area contributed by atoms with Gasteiger partial charge >= 0.3 is 0 Å². The second-order valence-electron chi connectivity index (χ2n) is 9.46. The fourth-order valence-electron chi connectivity index (χ4n) is 4.51. The molecule has 2 saturated heterocycles. The highest BCUT2D eigenvalue weighted by atomic mass is 32.1. The molecule has 0 spiro atoms. The van der Waals surface area contributed by atoms with Gasteiger partial charge in [0.15, 0.2) is 0 Å². The predicted molar refractivity (Wildman–Crippen MR) is 117 cm³/mol. The van der Waals surface area contributed by atoms with Crippen LogP contribution in [0.25, 0.3) is 10.2 Å². The summed E-state index contributed by atoms with van der Waals surface area (Å²) in [6.07, 6.45) is 3.70. The lowest BCUT2D eigenvalue weighted by molar-refractivity contribution is -0.145. The highest BCUT2D eigenvalue weighted by Crippen LogP contribution is 2.34. The van der Waals surface area contributed by atoms with Crippen LogP contribution < -0.4 is 0 Å². The number of rotatable bonds is 2.